The van der Waals surface area contributed by atoms with Crippen molar-refractivity contribution in [1.29, 1.82) is 0 Å². The number of unbranched alkanes of at least 4 members (excludes halogenated alkanes) is 5. The average Bonchev–Trinajstić information content (AvgIpc) is 2.20. The molecule has 0 saturated carbocycles. The molecule has 0 nitrogen and oxygen atoms in total. The lowest BCUT2D eigenvalue weighted by Crippen LogP contribution is -2.03. The van der Waals surface area contributed by atoms with E-state index in [1.54, 1.807) is 0 Å². The van der Waals surface area contributed by atoms with Gasteiger partial charge in [0.25, 0.3) is 0 Å². The monoisotopic (exact) mass is 246 g/mol. The first kappa shape index (κ1) is 16.3. The van der Waals surface area contributed by atoms with E-state index in [2.05, 4.69) is 27.7 Å². The first-order valence-corrected chi connectivity index (χ1v) is 7.53. The van der Waals surface area contributed by atoms with E-state index >= 15 is 0 Å². The van der Waals surface area contributed by atoms with Crippen molar-refractivity contribution in [3.8, 4) is 0 Å². The fourth-order valence-corrected chi connectivity index (χ4v) is 2.09. The highest BCUT2D eigenvalue weighted by Crippen LogP contribution is 2.22. The molecule has 0 fully saturated rings. The second kappa shape index (κ2) is 9.33. The normalized spacial score (nSPS) is 14.1. The lowest BCUT2D eigenvalue weighted by atomic mass is 9.89. The van der Waals surface area contributed by atoms with Gasteiger partial charge < -0.3 is 0 Å². The number of alkyl halides is 1. The standard InChI is InChI=1S/C15H31Cl/c1-5-14(16)12-10-8-6-7-9-11-13-15(2,3)4/h14H,5-13H2,1-4H3. The van der Waals surface area contributed by atoms with Crippen LogP contribution < -0.4 is 0 Å². The number of hydrogen-bond donors (Lipinski definition) is 0. The van der Waals surface area contributed by atoms with Crippen LogP contribution in [-0.2, 0) is 0 Å². The Morgan fingerprint density at radius 3 is 1.88 bits per heavy atom. The molecular weight excluding hydrogens is 216 g/mol. The summed E-state index contributed by atoms with van der Waals surface area (Å²) < 4.78 is 0. The van der Waals surface area contributed by atoms with Crippen molar-refractivity contribution in [2.75, 3.05) is 0 Å². The Bertz CT molecular complexity index is 146. The quantitative estimate of drug-likeness (QED) is 0.337. The van der Waals surface area contributed by atoms with Crippen LogP contribution in [0.1, 0.15) is 85.5 Å². The van der Waals surface area contributed by atoms with E-state index in [0.717, 1.165) is 6.42 Å². The molecule has 0 aromatic carbocycles. The summed E-state index contributed by atoms with van der Waals surface area (Å²) in [7, 11) is 0. The molecule has 98 valence electrons. The van der Waals surface area contributed by atoms with Crippen LogP contribution in [0.2, 0.25) is 0 Å². The largest absolute Gasteiger partial charge is 0.123 e. The summed E-state index contributed by atoms with van der Waals surface area (Å²) in [4.78, 5) is 0. The van der Waals surface area contributed by atoms with Crippen molar-refractivity contribution in [1.82, 2.24) is 0 Å². The molecule has 0 heterocycles. The molecule has 0 N–H and O–H groups in total. The predicted molar refractivity (Wildman–Crippen MR) is 76.3 cm³/mol. The van der Waals surface area contributed by atoms with Crippen molar-refractivity contribution >= 4 is 11.6 Å². The zero-order valence-electron chi connectivity index (χ0n) is 11.8. The molecule has 0 aliphatic carbocycles. The van der Waals surface area contributed by atoms with Crippen LogP contribution >= 0.6 is 11.6 Å². The Labute approximate surface area is 108 Å². The van der Waals surface area contributed by atoms with Crippen LogP contribution in [0.5, 0.6) is 0 Å². The zero-order valence-corrected chi connectivity index (χ0v) is 12.6. The summed E-state index contributed by atoms with van der Waals surface area (Å²) in [6.07, 6.45) is 12.0. The fourth-order valence-electron chi connectivity index (χ4n) is 1.93. The highest BCUT2D eigenvalue weighted by molar-refractivity contribution is 6.20. The highest BCUT2D eigenvalue weighted by atomic mass is 35.5. The fraction of sp³-hybridized carbons (Fsp3) is 1.00. The minimum Gasteiger partial charge on any atom is -0.123 e. The van der Waals surface area contributed by atoms with Gasteiger partial charge in [-0.15, -0.1) is 11.6 Å². The highest BCUT2D eigenvalue weighted by Gasteiger charge is 2.08. The molecule has 0 aliphatic heterocycles. The third-order valence-electron chi connectivity index (χ3n) is 3.14. The Kier molecular flexibility index (Phi) is 9.50. The Morgan fingerprint density at radius 2 is 1.38 bits per heavy atom. The molecule has 0 aliphatic rings. The maximum Gasteiger partial charge on any atom is 0.0333 e. The Hall–Kier alpha value is 0.290. The number of hydrogen-bond acceptors (Lipinski definition) is 0. The molecule has 0 bridgehead atoms. The average molecular weight is 247 g/mol. The van der Waals surface area contributed by atoms with Crippen LogP contribution in [0.15, 0.2) is 0 Å². The molecule has 0 amide bonds. The van der Waals surface area contributed by atoms with Crippen molar-refractivity contribution in [2.45, 2.75) is 90.9 Å². The van der Waals surface area contributed by atoms with Crippen LogP contribution in [0.3, 0.4) is 0 Å². The van der Waals surface area contributed by atoms with Crippen LogP contribution in [0.25, 0.3) is 0 Å². The van der Waals surface area contributed by atoms with E-state index in [-0.39, 0.29) is 0 Å². The van der Waals surface area contributed by atoms with Gasteiger partial charge in [0.2, 0.25) is 0 Å². The van der Waals surface area contributed by atoms with E-state index in [0.29, 0.717) is 10.8 Å². The smallest absolute Gasteiger partial charge is 0.0333 e. The van der Waals surface area contributed by atoms with Gasteiger partial charge in [-0.3, -0.25) is 0 Å². The Balaban J connectivity index is 3.10. The molecule has 1 heteroatoms. The molecule has 0 spiro atoms. The summed E-state index contributed by atoms with van der Waals surface area (Å²) >= 11 is 6.08. The summed E-state index contributed by atoms with van der Waals surface area (Å²) in [6.45, 7) is 9.17. The van der Waals surface area contributed by atoms with Crippen molar-refractivity contribution in [3.63, 3.8) is 0 Å². The van der Waals surface area contributed by atoms with Gasteiger partial charge in [0.05, 0.1) is 0 Å². The third kappa shape index (κ3) is 12.4. The zero-order chi connectivity index (χ0) is 12.4. The van der Waals surface area contributed by atoms with Gasteiger partial charge in [0.1, 0.15) is 0 Å². The first-order chi connectivity index (χ1) is 7.45. The molecule has 0 rings (SSSR count). The summed E-state index contributed by atoms with van der Waals surface area (Å²) in [6, 6.07) is 0. The second-order valence-corrected chi connectivity index (χ2v) is 6.84. The molecule has 0 aromatic rings. The van der Waals surface area contributed by atoms with Crippen molar-refractivity contribution < 1.29 is 0 Å². The lowest BCUT2D eigenvalue weighted by molar-refractivity contribution is 0.356. The SMILES string of the molecule is CCC(Cl)CCCCCCCCC(C)(C)C. The van der Waals surface area contributed by atoms with E-state index in [1.807, 2.05) is 0 Å². The van der Waals surface area contributed by atoms with Gasteiger partial charge in [0, 0.05) is 5.38 Å². The molecule has 0 radical (unpaired) electrons. The Morgan fingerprint density at radius 1 is 0.875 bits per heavy atom. The van der Waals surface area contributed by atoms with Crippen LogP contribution in [0.4, 0.5) is 0 Å². The maximum absolute atomic E-state index is 6.08. The molecule has 0 saturated heterocycles. The van der Waals surface area contributed by atoms with Crippen molar-refractivity contribution in [2.24, 2.45) is 5.41 Å². The summed E-state index contributed by atoms with van der Waals surface area (Å²) in [5.41, 5.74) is 0.521. The first-order valence-electron chi connectivity index (χ1n) is 7.10. The predicted octanol–water partition coefficient (Wildman–Crippen LogP) is 6.17. The van der Waals surface area contributed by atoms with Gasteiger partial charge in [-0.1, -0.05) is 66.2 Å². The van der Waals surface area contributed by atoms with E-state index in [1.165, 1.54) is 51.4 Å². The van der Waals surface area contributed by atoms with Gasteiger partial charge in [-0.2, -0.15) is 0 Å². The van der Waals surface area contributed by atoms with Gasteiger partial charge in [-0.25, -0.2) is 0 Å². The lowest BCUT2D eigenvalue weighted by Gasteiger charge is -2.17. The van der Waals surface area contributed by atoms with Crippen molar-refractivity contribution in [3.05, 3.63) is 0 Å². The van der Waals surface area contributed by atoms with Crippen LogP contribution in [-0.4, -0.2) is 5.38 Å². The van der Waals surface area contributed by atoms with Crippen LogP contribution in [0, 0.1) is 5.41 Å². The number of halogens is 1. The maximum atomic E-state index is 6.08. The molecule has 1 unspecified atom stereocenters. The van der Waals surface area contributed by atoms with E-state index in [9.17, 15) is 0 Å². The van der Waals surface area contributed by atoms with E-state index in [4.69, 9.17) is 11.6 Å². The molecule has 1 atom stereocenters. The van der Waals surface area contributed by atoms with Gasteiger partial charge in [-0.05, 0) is 24.7 Å². The van der Waals surface area contributed by atoms with Gasteiger partial charge in [0.15, 0.2) is 0 Å². The minimum atomic E-state index is 0.417. The van der Waals surface area contributed by atoms with Gasteiger partial charge >= 0.3 is 0 Å². The molecule has 0 aromatic heterocycles. The minimum absolute atomic E-state index is 0.417. The third-order valence-corrected chi connectivity index (χ3v) is 3.66. The molecular formula is C15H31Cl. The number of rotatable bonds is 9. The summed E-state index contributed by atoms with van der Waals surface area (Å²) in [5, 5.41) is 0.417. The second-order valence-electron chi connectivity index (χ2n) is 6.23. The topological polar surface area (TPSA) is 0 Å². The van der Waals surface area contributed by atoms with E-state index < -0.39 is 0 Å². The molecule has 16 heavy (non-hydrogen) atoms. The summed E-state index contributed by atoms with van der Waals surface area (Å²) in [5.74, 6) is 0.